The Balaban J connectivity index is 1.17. The summed E-state index contributed by atoms with van der Waals surface area (Å²) in [6.45, 7) is 1.25. The summed E-state index contributed by atoms with van der Waals surface area (Å²) in [7, 11) is 0. The van der Waals surface area contributed by atoms with Crippen LogP contribution in [0.4, 0.5) is 8.78 Å². The van der Waals surface area contributed by atoms with Crippen molar-refractivity contribution in [2.75, 3.05) is 13.2 Å². The summed E-state index contributed by atoms with van der Waals surface area (Å²) in [6.07, 6.45) is 4.84. The Morgan fingerprint density at radius 2 is 1.46 bits per heavy atom. The van der Waals surface area contributed by atoms with E-state index in [1.54, 1.807) is 18.2 Å². The van der Waals surface area contributed by atoms with E-state index in [4.69, 9.17) is 18.9 Å². The van der Waals surface area contributed by atoms with Crippen LogP contribution in [0.25, 0.3) is 0 Å². The number of hydrogen-bond acceptors (Lipinski definition) is 4. The van der Waals surface area contributed by atoms with Gasteiger partial charge in [-0.05, 0) is 73.6 Å². The normalized spacial score (nSPS) is 19.9. The van der Waals surface area contributed by atoms with Crippen molar-refractivity contribution >= 4 is 0 Å². The quantitative estimate of drug-likeness (QED) is 0.358. The Morgan fingerprint density at radius 3 is 2.20 bits per heavy atom. The highest BCUT2D eigenvalue weighted by Crippen LogP contribution is 2.44. The van der Waals surface area contributed by atoms with Crippen LogP contribution in [0.15, 0.2) is 54.6 Å². The lowest BCUT2D eigenvalue weighted by atomic mass is 10.1. The zero-order valence-electron chi connectivity index (χ0n) is 19.5. The molecule has 2 aliphatic carbocycles. The van der Waals surface area contributed by atoms with Gasteiger partial charge in [0.05, 0.1) is 13.2 Å². The first-order valence-electron chi connectivity index (χ1n) is 12.4. The van der Waals surface area contributed by atoms with Gasteiger partial charge in [-0.1, -0.05) is 12.1 Å². The van der Waals surface area contributed by atoms with Gasteiger partial charge in [-0.2, -0.15) is 0 Å². The van der Waals surface area contributed by atoms with Crippen LogP contribution in [-0.4, -0.2) is 19.3 Å². The van der Waals surface area contributed by atoms with Crippen LogP contribution in [0.3, 0.4) is 0 Å². The van der Waals surface area contributed by atoms with Gasteiger partial charge in [0.25, 0.3) is 0 Å². The Labute approximate surface area is 203 Å². The van der Waals surface area contributed by atoms with Crippen LogP contribution in [-0.2, 0) is 11.2 Å². The molecule has 1 saturated heterocycles. The largest absolute Gasteiger partial charge is 0.487 e. The predicted molar refractivity (Wildman–Crippen MR) is 127 cm³/mol. The SMILES string of the molecule is Fc1cc(Oc2ccc(F)c3c2CCC3Oc2ccc(C3CC3)cc2)ccc1OC1CCOCC1. The molecule has 2 fully saturated rings. The van der Waals surface area contributed by atoms with Crippen LogP contribution in [0.1, 0.15) is 60.8 Å². The third-order valence-electron chi connectivity index (χ3n) is 7.04. The van der Waals surface area contributed by atoms with E-state index >= 15 is 0 Å². The molecule has 1 aliphatic heterocycles. The van der Waals surface area contributed by atoms with E-state index in [2.05, 4.69) is 12.1 Å². The second kappa shape index (κ2) is 9.50. The van der Waals surface area contributed by atoms with Gasteiger partial charge in [-0.15, -0.1) is 0 Å². The van der Waals surface area contributed by atoms with Crippen LogP contribution >= 0.6 is 0 Å². The minimum Gasteiger partial charge on any atom is -0.487 e. The fourth-order valence-electron chi connectivity index (χ4n) is 5.00. The second-order valence-corrected chi connectivity index (χ2v) is 9.55. The van der Waals surface area contributed by atoms with E-state index in [1.165, 1.54) is 30.5 Å². The molecule has 1 heterocycles. The molecule has 6 heteroatoms. The molecule has 4 nitrogen and oxygen atoms in total. The minimum absolute atomic E-state index is 0.0489. The van der Waals surface area contributed by atoms with E-state index in [0.717, 1.165) is 24.2 Å². The number of fused-ring (bicyclic) bond motifs is 1. The summed E-state index contributed by atoms with van der Waals surface area (Å²) in [5.41, 5.74) is 2.63. The molecule has 3 aromatic carbocycles. The molecule has 0 amide bonds. The smallest absolute Gasteiger partial charge is 0.168 e. The highest BCUT2D eigenvalue weighted by Gasteiger charge is 2.31. The first-order valence-corrected chi connectivity index (χ1v) is 12.4. The monoisotopic (exact) mass is 478 g/mol. The molecule has 0 spiro atoms. The lowest BCUT2D eigenvalue weighted by Crippen LogP contribution is -2.26. The van der Waals surface area contributed by atoms with Crippen molar-refractivity contribution in [2.24, 2.45) is 0 Å². The molecular formula is C29H28F2O4. The maximum atomic E-state index is 14.9. The Morgan fingerprint density at radius 1 is 0.714 bits per heavy atom. The van der Waals surface area contributed by atoms with E-state index in [1.807, 2.05) is 12.1 Å². The topological polar surface area (TPSA) is 36.9 Å². The molecule has 3 aromatic rings. The van der Waals surface area contributed by atoms with Gasteiger partial charge < -0.3 is 18.9 Å². The molecule has 182 valence electrons. The fraction of sp³-hybridized carbons (Fsp3) is 0.379. The van der Waals surface area contributed by atoms with E-state index in [0.29, 0.717) is 49.0 Å². The zero-order valence-corrected chi connectivity index (χ0v) is 19.5. The van der Waals surface area contributed by atoms with Crippen molar-refractivity contribution in [1.29, 1.82) is 0 Å². The van der Waals surface area contributed by atoms with Crippen LogP contribution in [0, 0.1) is 11.6 Å². The standard InChI is InChI=1S/C29H28F2O4/c30-24-9-12-26(35-22-7-10-27(25(31)17-22)33-21-13-15-32-16-14-21)23-8-11-28(29(23)24)34-20-5-3-19(4-6-20)18-1-2-18/h3-7,9-10,12,17-18,21,28H,1-2,8,11,13-16H2. The van der Waals surface area contributed by atoms with Crippen LogP contribution < -0.4 is 14.2 Å². The third kappa shape index (κ3) is 4.85. The average molecular weight is 479 g/mol. The summed E-state index contributed by atoms with van der Waals surface area (Å²) in [6, 6.07) is 15.7. The van der Waals surface area contributed by atoms with Gasteiger partial charge in [0.2, 0.25) is 0 Å². The van der Waals surface area contributed by atoms with Crippen molar-refractivity contribution in [3.05, 3.63) is 82.9 Å². The molecule has 6 rings (SSSR count). The maximum Gasteiger partial charge on any atom is 0.168 e. The minimum atomic E-state index is -0.483. The van der Waals surface area contributed by atoms with Gasteiger partial charge in [-0.3, -0.25) is 0 Å². The summed E-state index contributed by atoms with van der Waals surface area (Å²) < 4.78 is 52.9. The van der Waals surface area contributed by atoms with E-state index in [-0.39, 0.29) is 23.8 Å². The van der Waals surface area contributed by atoms with Crippen LogP contribution in [0.5, 0.6) is 23.0 Å². The number of ether oxygens (including phenoxy) is 4. The number of halogens is 2. The molecular weight excluding hydrogens is 450 g/mol. The zero-order chi connectivity index (χ0) is 23.8. The maximum absolute atomic E-state index is 14.9. The van der Waals surface area contributed by atoms with Crippen molar-refractivity contribution < 1.29 is 27.7 Å². The lowest BCUT2D eigenvalue weighted by molar-refractivity contribution is 0.0240. The molecule has 0 bridgehead atoms. The summed E-state index contributed by atoms with van der Waals surface area (Å²) in [5, 5.41) is 0. The Kier molecular flexibility index (Phi) is 6.06. The molecule has 0 aromatic heterocycles. The first kappa shape index (κ1) is 22.4. The molecule has 1 atom stereocenters. The van der Waals surface area contributed by atoms with Crippen molar-refractivity contribution in [3.63, 3.8) is 0 Å². The molecule has 3 aliphatic rings. The van der Waals surface area contributed by atoms with E-state index < -0.39 is 5.82 Å². The van der Waals surface area contributed by atoms with Crippen molar-refractivity contribution in [2.45, 2.75) is 56.7 Å². The fourth-order valence-corrected chi connectivity index (χ4v) is 5.00. The predicted octanol–water partition coefficient (Wildman–Crippen LogP) is 7.26. The van der Waals surface area contributed by atoms with Gasteiger partial charge in [0, 0.05) is 30.0 Å². The lowest BCUT2D eigenvalue weighted by Gasteiger charge is -2.23. The van der Waals surface area contributed by atoms with Gasteiger partial charge in [0.1, 0.15) is 35.3 Å². The molecule has 1 saturated carbocycles. The molecule has 0 N–H and O–H groups in total. The number of hydrogen-bond donors (Lipinski definition) is 0. The average Bonchev–Trinajstić information content (AvgIpc) is 3.64. The van der Waals surface area contributed by atoms with Crippen molar-refractivity contribution in [3.8, 4) is 23.0 Å². The Hall–Kier alpha value is -3.12. The summed E-state index contributed by atoms with van der Waals surface area (Å²) in [4.78, 5) is 0. The first-order chi connectivity index (χ1) is 17.1. The van der Waals surface area contributed by atoms with Gasteiger partial charge >= 0.3 is 0 Å². The Bertz CT molecular complexity index is 1200. The van der Waals surface area contributed by atoms with Gasteiger partial charge in [0.15, 0.2) is 11.6 Å². The highest BCUT2D eigenvalue weighted by atomic mass is 19.1. The number of rotatable bonds is 7. The number of benzene rings is 3. The molecule has 1 unspecified atom stereocenters. The summed E-state index contributed by atoms with van der Waals surface area (Å²) >= 11 is 0. The second-order valence-electron chi connectivity index (χ2n) is 9.55. The van der Waals surface area contributed by atoms with Crippen molar-refractivity contribution in [1.82, 2.24) is 0 Å². The third-order valence-corrected chi connectivity index (χ3v) is 7.04. The highest BCUT2D eigenvalue weighted by molar-refractivity contribution is 5.48. The summed E-state index contributed by atoms with van der Waals surface area (Å²) in [5.74, 6) is 1.69. The van der Waals surface area contributed by atoms with Gasteiger partial charge in [-0.25, -0.2) is 8.78 Å². The molecule has 0 radical (unpaired) electrons. The molecule has 35 heavy (non-hydrogen) atoms. The van der Waals surface area contributed by atoms with Crippen LogP contribution in [0.2, 0.25) is 0 Å². The van der Waals surface area contributed by atoms with E-state index in [9.17, 15) is 8.78 Å².